The summed E-state index contributed by atoms with van der Waals surface area (Å²) in [4.78, 5) is 0. The Labute approximate surface area is 201 Å². The Hall–Kier alpha value is -3.22. The van der Waals surface area contributed by atoms with Crippen LogP contribution in [0, 0.1) is 0 Å². The van der Waals surface area contributed by atoms with E-state index in [0.29, 0.717) is 31.2 Å². The molecule has 0 radical (unpaired) electrons. The quantitative estimate of drug-likeness (QED) is 0.326. The zero-order valence-corrected chi connectivity index (χ0v) is 20.4. The van der Waals surface area contributed by atoms with E-state index in [1.807, 2.05) is 36.4 Å². The molecule has 1 atom stereocenters. The van der Waals surface area contributed by atoms with Gasteiger partial charge in [0.2, 0.25) is 0 Å². The van der Waals surface area contributed by atoms with Gasteiger partial charge >= 0.3 is 0 Å². The van der Waals surface area contributed by atoms with Crippen LogP contribution in [0.15, 0.2) is 66.7 Å². The van der Waals surface area contributed by atoms with Gasteiger partial charge in [0.25, 0.3) is 0 Å². The molecule has 0 amide bonds. The Bertz CT molecular complexity index is 1240. The fourth-order valence-corrected chi connectivity index (χ4v) is 4.31. The molecule has 0 aliphatic heterocycles. The number of nitrogens with zero attached hydrogens (tertiary/aromatic N) is 1. The van der Waals surface area contributed by atoms with Crippen molar-refractivity contribution >= 4 is 21.8 Å². The van der Waals surface area contributed by atoms with Gasteiger partial charge in [0.1, 0.15) is 25.1 Å². The largest absolute Gasteiger partial charge is 0.493 e. The van der Waals surface area contributed by atoms with Crippen LogP contribution in [-0.4, -0.2) is 49.2 Å². The summed E-state index contributed by atoms with van der Waals surface area (Å²) in [6.45, 7) is 8.31. The van der Waals surface area contributed by atoms with E-state index in [2.05, 4.69) is 61.0 Å². The monoisotopic (exact) mass is 462 g/mol. The summed E-state index contributed by atoms with van der Waals surface area (Å²) >= 11 is 0. The first-order valence-corrected chi connectivity index (χ1v) is 11.7. The van der Waals surface area contributed by atoms with Gasteiger partial charge in [0.15, 0.2) is 11.5 Å². The molecule has 4 aromatic rings. The van der Waals surface area contributed by atoms with Crippen molar-refractivity contribution in [2.75, 3.05) is 33.4 Å². The fraction of sp³-hybridized carbons (Fsp3) is 0.357. The topological polar surface area (TPSA) is 64.9 Å². The van der Waals surface area contributed by atoms with Gasteiger partial charge < -0.3 is 29.2 Å². The van der Waals surface area contributed by atoms with Gasteiger partial charge in [0, 0.05) is 34.9 Å². The number of rotatable bonds is 10. The molecule has 0 aliphatic carbocycles. The zero-order valence-electron chi connectivity index (χ0n) is 20.4. The molecule has 1 unspecified atom stereocenters. The fourth-order valence-electron chi connectivity index (χ4n) is 4.31. The highest BCUT2D eigenvalue weighted by Crippen LogP contribution is 2.38. The molecular formula is C28H34N2O4. The third kappa shape index (κ3) is 5.13. The highest BCUT2D eigenvalue weighted by molar-refractivity contribution is 6.11. The summed E-state index contributed by atoms with van der Waals surface area (Å²) in [5, 5.41) is 15.9. The molecule has 180 valence electrons. The molecule has 0 saturated heterocycles. The van der Waals surface area contributed by atoms with E-state index in [-0.39, 0.29) is 12.1 Å². The minimum atomic E-state index is -0.641. The van der Waals surface area contributed by atoms with Gasteiger partial charge in [-0.15, -0.1) is 0 Å². The molecule has 6 heteroatoms. The number of benzene rings is 3. The minimum Gasteiger partial charge on any atom is -0.493 e. The van der Waals surface area contributed by atoms with E-state index < -0.39 is 6.10 Å². The smallest absolute Gasteiger partial charge is 0.161 e. The van der Waals surface area contributed by atoms with E-state index >= 15 is 0 Å². The van der Waals surface area contributed by atoms with Crippen molar-refractivity contribution in [2.45, 2.75) is 32.4 Å². The van der Waals surface area contributed by atoms with Crippen LogP contribution >= 0.6 is 0 Å². The van der Waals surface area contributed by atoms with Crippen LogP contribution in [0.2, 0.25) is 0 Å². The van der Waals surface area contributed by atoms with Gasteiger partial charge in [-0.3, -0.25) is 0 Å². The van der Waals surface area contributed by atoms with Crippen LogP contribution < -0.4 is 19.5 Å². The molecule has 6 nitrogen and oxygen atoms in total. The molecule has 34 heavy (non-hydrogen) atoms. The van der Waals surface area contributed by atoms with Crippen molar-refractivity contribution in [3.8, 4) is 17.2 Å². The number of hydrogen-bond acceptors (Lipinski definition) is 5. The molecular weight excluding hydrogens is 428 g/mol. The van der Waals surface area contributed by atoms with Crippen LogP contribution in [-0.2, 0) is 5.54 Å². The van der Waals surface area contributed by atoms with Crippen molar-refractivity contribution in [1.82, 2.24) is 9.88 Å². The first-order valence-electron chi connectivity index (χ1n) is 11.7. The van der Waals surface area contributed by atoms with Crippen molar-refractivity contribution in [3.05, 3.63) is 66.7 Å². The summed E-state index contributed by atoms with van der Waals surface area (Å²) in [6.07, 6.45) is -0.641. The SMILES string of the molecule is COc1ccccc1OCCNCC(O)COc1cccc2c1c1ccccc1n2C(C)(C)C. The Balaban J connectivity index is 1.36. The number of aromatic nitrogens is 1. The van der Waals surface area contributed by atoms with E-state index in [0.717, 1.165) is 22.0 Å². The second kappa shape index (κ2) is 10.4. The number of aliphatic hydroxyl groups is 1. The van der Waals surface area contributed by atoms with Crippen LogP contribution in [0.3, 0.4) is 0 Å². The minimum absolute atomic E-state index is 0.0742. The van der Waals surface area contributed by atoms with Crippen LogP contribution in [0.5, 0.6) is 17.2 Å². The molecule has 0 fully saturated rings. The van der Waals surface area contributed by atoms with Gasteiger partial charge in [-0.1, -0.05) is 36.4 Å². The van der Waals surface area contributed by atoms with Crippen molar-refractivity contribution in [1.29, 1.82) is 0 Å². The van der Waals surface area contributed by atoms with Crippen molar-refractivity contribution in [2.24, 2.45) is 0 Å². The number of hydrogen-bond donors (Lipinski definition) is 2. The third-order valence-electron chi connectivity index (χ3n) is 5.75. The maximum absolute atomic E-state index is 10.5. The average molecular weight is 463 g/mol. The molecule has 3 aromatic carbocycles. The molecule has 1 aromatic heterocycles. The van der Waals surface area contributed by atoms with E-state index in [1.165, 1.54) is 5.52 Å². The Morgan fingerprint density at radius 1 is 0.853 bits per heavy atom. The highest BCUT2D eigenvalue weighted by atomic mass is 16.5. The summed E-state index contributed by atoms with van der Waals surface area (Å²) in [6, 6.07) is 22.1. The second-order valence-corrected chi connectivity index (χ2v) is 9.34. The Morgan fingerprint density at radius 2 is 1.53 bits per heavy atom. The number of ether oxygens (including phenoxy) is 3. The predicted molar refractivity (Wildman–Crippen MR) is 137 cm³/mol. The summed E-state index contributed by atoms with van der Waals surface area (Å²) < 4.78 is 19.5. The Kier molecular flexibility index (Phi) is 7.29. The number of fused-ring (bicyclic) bond motifs is 3. The van der Waals surface area contributed by atoms with Gasteiger partial charge in [0.05, 0.1) is 12.6 Å². The predicted octanol–water partition coefficient (Wildman–Crippen LogP) is 4.97. The van der Waals surface area contributed by atoms with E-state index in [4.69, 9.17) is 14.2 Å². The van der Waals surface area contributed by atoms with Crippen LogP contribution in [0.25, 0.3) is 21.8 Å². The lowest BCUT2D eigenvalue weighted by Gasteiger charge is -2.24. The number of aliphatic hydroxyl groups excluding tert-OH is 1. The summed E-state index contributed by atoms with van der Waals surface area (Å²) in [7, 11) is 1.62. The van der Waals surface area contributed by atoms with E-state index in [9.17, 15) is 5.11 Å². The normalized spacial score (nSPS) is 12.7. The Morgan fingerprint density at radius 3 is 2.29 bits per heavy atom. The second-order valence-electron chi connectivity index (χ2n) is 9.34. The number of para-hydroxylation sites is 3. The van der Waals surface area contributed by atoms with Crippen LogP contribution in [0.1, 0.15) is 20.8 Å². The third-order valence-corrected chi connectivity index (χ3v) is 5.75. The number of nitrogens with one attached hydrogen (secondary N) is 1. The molecule has 4 rings (SSSR count). The van der Waals surface area contributed by atoms with E-state index in [1.54, 1.807) is 7.11 Å². The maximum atomic E-state index is 10.5. The van der Waals surface area contributed by atoms with Crippen LogP contribution in [0.4, 0.5) is 0 Å². The molecule has 0 aliphatic rings. The van der Waals surface area contributed by atoms with Gasteiger partial charge in [-0.2, -0.15) is 0 Å². The lowest BCUT2D eigenvalue weighted by molar-refractivity contribution is 0.106. The molecule has 0 bridgehead atoms. The molecule has 0 saturated carbocycles. The summed E-state index contributed by atoms with van der Waals surface area (Å²) in [5.41, 5.74) is 2.24. The zero-order chi connectivity index (χ0) is 24.1. The van der Waals surface area contributed by atoms with Gasteiger partial charge in [-0.25, -0.2) is 0 Å². The first-order chi connectivity index (χ1) is 16.4. The van der Waals surface area contributed by atoms with Crippen molar-refractivity contribution in [3.63, 3.8) is 0 Å². The summed E-state index contributed by atoms with van der Waals surface area (Å²) in [5.74, 6) is 2.20. The standard InChI is InChI=1S/C28H34N2O4/c1-28(2,3)30-22-11-6-5-10-21(22)27-23(30)12-9-15-26(27)34-19-20(31)18-29-16-17-33-25-14-8-7-13-24(25)32-4/h5-15,20,29,31H,16-19H2,1-4H3. The maximum Gasteiger partial charge on any atom is 0.161 e. The van der Waals surface area contributed by atoms with Gasteiger partial charge in [-0.05, 0) is 51.1 Å². The van der Waals surface area contributed by atoms with Crippen molar-refractivity contribution < 1.29 is 19.3 Å². The first kappa shape index (κ1) is 23.9. The number of methoxy groups -OCH3 is 1. The lowest BCUT2D eigenvalue weighted by atomic mass is 10.1. The highest BCUT2D eigenvalue weighted by Gasteiger charge is 2.22. The average Bonchev–Trinajstić information content (AvgIpc) is 3.18. The molecule has 0 spiro atoms. The lowest BCUT2D eigenvalue weighted by Crippen LogP contribution is -2.33. The molecule has 1 heterocycles. The molecule has 2 N–H and O–H groups in total.